The van der Waals surface area contributed by atoms with Gasteiger partial charge >= 0.3 is 0 Å². The molecule has 1 N–H and O–H groups in total. The molecule has 4 fully saturated rings. The van der Waals surface area contributed by atoms with Gasteiger partial charge in [0.2, 0.25) is 5.91 Å². The second-order valence-corrected chi connectivity index (χ2v) is 9.76. The largest absolute Gasteiger partial charge is 0.457 e. The van der Waals surface area contributed by atoms with Gasteiger partial charge in [0.05, 0.1) is 12.2 Å². The minimum atomic E-state index is -0.166. The van der Waals surface area contributed by atoms with Crippen molar-refractivity contribution in [2.45, 2.75) is 57.5 Å². The maximum atomic E-state index is 12.0. The Labute approximate surface area is 185 Å². The van der Waals surface area contributed by atoms with Gasteiger partial charge in [-0.1, -0.05) is 30.3 Å². The van der Waals surface area contributed by atoms with Crippen LogP contribution in [0.2, 0.25) is 0 Å². The monoisotopic (exact) mass is 419 g/mol. The van der Waals surface area contributed by atoms with E-state index in [1.165, 1.54) is 31.2 Å². The van der Waals surface area contributed by atoms with Crippen molar-refractivity contribution in [3.63, 3.8) is 0 Å². The van der Waals surface area contributed by atoms with Crippen molar-refractivity contribution >= 4 is 5.91 Å². The van der Waals surface area contributed by atoms with Crippen LogP contribution in [-0.2, 0) is 15.1 Å². The van der Waals surface area contributed by atoms with Crippen LogP contribution in [0.1, 0.15) is 57.4 Å². The molecule has 2 aromatic carbocycles. The fourth-order valence-corrected chi connectivity index (χ4v) is 5.61. The van der Waals surface area contributed by atoms with Crippen LogP contribution in [-0.4, -0.2) is 19.1 Å². The van der Waals surface area contributed by atoms with Crippen LogP contribution >= 0.6 is 0 Å². The number of rotatable bonds is 8. The van der Waals surface area contributed by atoms with Gasteiger partial charge in [-0.2, -0.15) is 0 Å². The molecule has 0 spiro atoms. The summed E-state index contributed by atoms with van der Waals surface area (Å²) in [6.45, 7) is 3.57. The van der Waals surface area contributed by atoms with E-state index in [2.05, 4.69) is 23.5 Å². The lowest BCUT2D eigenvalue weighted by atomic mass is 9.62. The molecule has 2 atom stereocenters. The molecule has 4 nitrogen and oxygen atoms in total. The van der Waals surface area contributed by atoms with Gasteiger partial charge in [0.15, 0.2) is 0 Å². The molecule has 0 radical (unpaired) electrons. The van der Waals surface area contributed by atoms with Gasteiger partial charge in [-0.05, 0) is 93.0 Å². The van der Waals surface area contributed by atoms with Crippen LogP contribution in [0.5, 0.6) is 11.5 Å². The molecule has 0 aromatic heterocycles. The number of carbonyl (C=O) groups excluding carboxylic acids is 1. The van der Waals surface area contributed by atoms with E-state index in [4.69, 9.17) is 9.47 Å². The highest BCUT2D eigenvalue weighted by atomic mass is 16.5. The van der Waals surface area contributed by atoms with E-state index >= 15 is 0 Å². The van der Waals surface area contributed by atoms with Gasteiger partial charge in [-0.25, -0.2) is 0 Å². The highest BCUT2D eigenvalue weighted by Crippen LogP contribution is 2.57. The molecule has 2 bridgehead atoms. The SMILES string of the molecule is CCNC(=O)[C@@H]1C[C@H]1CCC12CCC(c3cccc(Oc4ccccc4)c3)(CC1)OC2. The summed E-state index contributed by atoms with van der Waals surface area (Å²) in [4.78, 5) is 12.0. The van der Waals surface area contributed by atoms with E-state index in [9.17, 15) is 4.79 Å². The molecule has 0 unspecified atom stereocenters. The first-order valence-electron chi connectivity index (χ1n) is 11.9. The summed E-state index contributed by atoms with van der Waals surface area (Å²) in [6.07, 6.45) is 8.02. The van der Waals surface area contributed by atoms with Crippen LogP contribution < -0.4 is 10.1 Å². The van der Waals surface area contributed by atoms with Crippen LogP contribution in [0.4, 0.5) is 0 Å². The molecule has 2 aromatic rings. The summed E-state index contributed by atoms with van der Waals surface area (Å²) < 4.78 is 12.7. The van der Waals surface area contributed by atoms with E-state index in [0.29, 0.717) is 11.3 Å². The number of ether oxygens (including phenoxy) is 2. The number of benzene rings is 2. The second-order valence-electron chi connectivity index (χ2n) is 9.76. The fourth-order valence-electron chi connectivity index (χ4n) is 5.61. The molecule has 2 saturated carbocycles. The lowest BCUT2D eigenvalue weighted by Crippen LogP contribution is -2.49. The van der Waals surface area contributed by atoms with Crippen molar-refractivity contribution in [3.8, 4) is 11.5 Å². The summed E-state index contributed by atoms with van der Waals surface area (Å²) in [5, 5.41) is 2.98. The smallest absolute Gasteiger partial charge is 0.223 e. The van der Waals surface area contributed by atoms with Crippen molar-refractivity contribution in [1.82, 2.24) is 5.32 Å². The maximum Gasteiger partial charge on any atom is 0.223 e. The van der Waals surface area contributed by atoms with Crippen LogP contribution in [0.3, 0.4) is 0 Å². The molecule has 2 saturated heterocycles. The van der Waals surface area contributed by atoms with Crippen LogP contribution in [0.25, 0.3) is 0 Å². The van der Waals surface area contributed by atoms with Crippen molar-refractivity contribution in [1.29, 1.82) is 0 Å². The molecular weight excluding hydrogens is 386 g/mol. The van der Waals surface area contributed by atoms with Gasteiger partial charge in [-0.15, -0.1) is 0 Å². The van der Waals surface area contributed by atoms with E-state index in [1.54, 1.807) is 0 Å². The Hall–Kier alpha value is -2.33. The molecule has 31 heavy (non-hydrogen) atoms. The topological polar surface area (TPSA) is 47.6 Å². The van der Waals surface area contributed by atoms with Crippen LogP contribution in [0, 0.1) is 17.3 Å². The second kappa shape index (κ2) is 8.31. The van der Waals surface area contributed by atoms with E-state index in [-0.39, 0.29) is 17.4 Å². The zero-order chi connectivity index (χ0) is 21.3. The summed E-state index contributed by atoms with van der Waals surface area (Å²) in [5.74, 6) is 2.83. The minimum absolute atomic E-state index is 0.166. The Morgan fingerprint density at radius 1 is 1.06 bits per heavy atom. The summed E-state index contributed by atoms with van der Waals surface area (Å²) in [6, 6.07) is 18.4. The van der Waals surface area contributed by atoms with E-state index < -0.39 is 0 Å². The fraction of sp³-hybridized carbons (Fsp3) is 0.519. The summed E-state index contributed by atoms with van der Waals surface area (Å²) in [5.41, 5.74) is 1.39. The molecular formula is C27H33NO3. The number of hydrogen-bond acceptors (Lipinski definition) is 3. The molecule has 4 heteroatoms. The molecule has 2 aliphatic carbocycles. The number of fused-ring (bicyclic) bond motifs is 3. The molecule has 6 rings (SSSR count). The van der Waals surface area contributed by atoms with Gasteiger partial charge in [0, 0.05) is 12.5 Å². The molecule has 2 aliphatic heterocycles. The summed E-state index contributed by atoms with van der Waals surface area (Å²) >= 11 is 0. The maximum absolute atomic E-state index is 12.0. The normalized spacial score (nSPS) is 31.3. The minimum Gasteiger partial charge on any atom is -0.457 e. The number of amides is 1. The first kappa shape index (κ1) is 20.6. The van der Waals surface area contributed by atoms with Gasteiger partial charge in [0.25, 0.3) is 0 Å². The Balaban J connectivity index is 1.19. The Bertz CT molecular complexity index is 901. The highest BCUT2D eigenvalue weighted by molar-refractivity contribution is 5.81. The third-order valence-corrected chi connectivity index (χ3v) is 7.77. The molecule has 2 heterocycles. The first-order valence-corrected chi connectivity index (χ1v) is 11.9. The lowest BCUT2D eigenvalue weighted by Gasteiger charge is -2.53. The predicted octanol–water partition coefficient (Wildman–Crippen LogP) is 5.82. The predicted molar refractivity (Wildman–Crippen MR) is 121 cm³/mol. The van der Waals surface area contributed by atoms with E-state index in [0.717, 1.165) is 43.9 Å². The van der Waals surface area contributed by atoms with E-state index in [1.807, 2.05) is 43.3 Å². The van der Waals surface area contributed by atoms with Gasteiger partial charge in [0.1, 0.15) is 11.5 Å². The van der Waals surface area contributed by atoms with Crippen molar-refractivity contribution < 1.29 is 14.3 Å². The van der Waals surface area contributed by atoms with Crippen molar-refractivity contribution in [3.05, 3.63) is 60.2 Å². The lowest BCUT2D eigenvalue weighted by molar-refractivity contribution is -0.192. The quantitative estimate of drug-likeness (QED) is 0.587. The summed E-state index contributed by atoms with van der Waals surface area (Å²) in [7, 11) is 0. The number of para-hydroxylation sites is 1. The first-order chi connectivity index (χ1) is 15.1. The molecule has 1 amide bonds. The average molecular weight is 420 g/mol. The standard InChI is InChI=1S/C27H33NO3/c1-2-28-25(29)24-17-20(24)11-12-26-13-15-27(16-14-26,30-19-26)21-7-6-10-23(18-21)31-22-8-4-3-5-9-22/h3-10,18,20,24H,2,11-17,19H2,1H3,(H,28,29)/t20-,24-,26?,27?/m1/s1. The van der Waals surface area contributed by atoms with Crippen LogP contribution in [0.15, 0.2) is 54.6 Å². The van der Waals surface area contributed by atoms with Crippen molar-refractivity contribution in [2.24, 2.45) is 17.3 Å². The third-order valence-electron chi connectivity index (χ3n) is 7.77. The molecule has 164 valence electrons. The Morgan fingerprint density at radius 2 is 1.84 bits per heavy atom. The highest BCUT2D eigenvalue weighted by Gasteiger charge is 2.51. The zero-order valence-electron chi connectivity index (χ0n) is 18.4. The van der Waals surface area contributed by atoms with Gasteiger partial charge in [-0.3, -0.25) is 4.79 Å². The van der Waals surface area contributed by atoms with Crippen molar-refractivity contribution in [2.75, 3.05) is 13.2 Å². The average Bonchev–Trinajstić information content (AvgIpc) is 3.60. The molecule has 4 aliphatic rings. The third kappa shape index (κ3) is 4.23. The Kier molecular flexibility index (Phi) is 5.51. The van der Waals surface area contributed by atoms with Gasteiger partial charge < -0.3 is 14.8 Å². The number of hydrogen-bond donors (Lipinski definition) is 1. The zero-order valence-corrected chi connectivity index (χ0v) is 18.4. The number of carbonyl (C=O) groups is 1. The number of nitrogens with one attached hydrogen (secondary N) is 1. The Morgan fingerprint density at radius 3 is 2.55 bits per heavy atom.